The fourth-order valence-electron chi connectivity index (χ4n) is 2.49. The minimum absolute atomic E-state index is 0.380. The van der Waals surface area contributed by atoms with Gasteiger partial charge in [-0.25, -0.2) is 0 Å². The number of hydrogen-bond donors (Lipinski definition) is 0. The molecular weight excluding hydrogens is 303 g/mol. The Hall–Kier alpha value is -1.69. The lowest BCUT2D eigenvalue weighted by molar-refractivity contribution is 1.09. The molecule has 0 N–H and O–H groups in total. The minimum atomic E-state index is -1.84. The first kappa shape index (κ1) is 15.2. The number of benzene rings is 1. The first-order valence-corrected chi connectivity index (χ1v) is 10.4. The Morgan fingerprint density at radius 3 is 1.64 bits per heavy atom. The summed E-state index contributed by atoms with van der Waals surface area (Å²) in [7, 11) is 0. The van der Waals surface area contributed by atoms with Gasteiger partial charge < -0.3 is 0 Å². The highest BCUT2D eigenvalue weighted by Gasteiger charge is 2.14. The second-order valence-electron chi connectivity index (χ2n) is 5.42. The maximum Gasteiger partial charge on any atom is 0.0235 e. The Kier molecular flexibility index (Phi) is 4.87. The normalized spacial score (nSPS) is 18.5. The summed E-state index contributed by atoms with van der Waals surface area (Å²) >= 11 is 6.08. The number of allylic oxidation sites excluding steroid dienone is 10. The van der Waals surface area contributed by atoms with Crippen molar-refractivity contribution in [3.8, 4) is 0 Å². The number of hydrogen-bond acceptors (Lipinski definition) is 1. The van der Waals surface area contributed by atoms with E-state index in [9.17, 15) is 0 Å². The van der Waals surface area contributed by atoms with Gasteiger partial charge in [0.25, 0.3) is 0 Å². The van der Waals surface area contributed by atoms with Crippen LogP contribution in [0.4, 0.5) is 0 Å². The average Bonchev–Trinajstić information content (AvgIpc) is 3.25. The third kappa shape index (κ3) is 3.74. The molecule has 0 aliphatic heterocycles. The van der Waals surface area contributed by atoms with E-state index in [1.807, 2.05) is 6.07 Å². The molecule has 0 atom stereocenters. The van der Waals surface area contributed by atoms with Crippen molar-refractivity contribution in [2.75, 3.05) is 0 Å². The fourth-order valence-corrected chi connectivity index (χ4v) is 5.27. The predicted octanol–water partition coefficient (Wildman–Crippen LogP) is 5.30. The van der Waals surface area contributed by atoms with Gasteiger partial charge in [0.05, 0.1) is 0 Å². The molecule has 0 saturated carbocycles. The van der Waals surface area contributed by atoms with Crippen molar-refractivity contribution in [1.82, 2.24) is 0 Å². The summed E-state index contributed by atoms with van der Waals surface area (Å²) in [5.41, 5.74) is 0. The molecule has 0 spiro atoms. The van der Waals surface area contributed by atoms with Gasteiger partial charge >= 0.3 is 0 Å². The molecule has 0 amide bonds. The van der Waals surface area contributed by atoms with Crippen LogP contribution in [0.5, 0.6) is 0 Å². The van der Waals surface area contributed by atoms with E-state index in [1.54, 1.807) is 0 Å². The molecule has 1 aromatic carbocycles. The van der Waals surface area contributed by atoms with Crippen LogP contribution in [0.15, 0.2) is 103 Å². The van der Waals surface area contributed by atoms with E-state index in [1.165, 1.54) is 5.30 Å². The largest absolute Gasteiger partial charge is 0.0839 e. The summed E-state index contributed by atoms with van der Waals surface area (Å²) in [6, 6.07) is 8.65. The quantitative estimate of drug-likeness (QED) is 0.663. The Labute approximate surface area is 138 Å². The standard InChI is InChI=1S/C20H19PS/c22-21(20-12-2-1-3-13-20,16-14-18-8-4-5-9-18)17-15-19-10-6-7-11-19/h1-19H/b16-14+,17-15+. The third-order valence-electron chi connectivity index (χ3n) is 3.77. The second kappa shape index (κ2) is 7.05. The highest BCUT2D eigenvalue weighted by atomic mass is 32.4. The molecule has 3 rings (SSSR count). The van der Waals surface area contributed by atoms with E-state index in [-0.39, 0.29) is 0 Å². The molecule has 2 aliphatic carbocycles. The zero-order valence-corrected chi connectivity index (χ0v) is 14.0. The van der Waals surface area contributed by atoms with Crippen molar-refractivity contribution in [2.24, 2.45) is 11.8 Å². The van der Waals surface area contributed by atoms with Gasteiger partial charge in [-0.3, -0.25) is 0 Å². The van der Waals surface area contributed by atoms with Gasteiger partial charge in [-0.15, -0.1) is 0 Å². The van der Waals surface area contributed by atoms with E-state index in [0.29, 0.717) is 11.8 Å². The van der Waals surface area contributed by atoms with Crippen LogP contribution < -0.4 is 5.30 Å². The number of rotatable bonds is 5. The van der Waals surface area contributed by atoms with Crippen molar-refractivity contribution >= 4 is 23.1 Å². The summed E-state index contributed by atoms with van der Waals surface area (Å²) in [4.78, 5) is 0. The van der Waals surface area contributed by atoms with Gasteiger partial charge in [0.2, 0.25) is 0 Å². The molecule has 110 valence electrons. The molecule has 0 aromatic heterocycles. The Bertz CT molecular complexity index is 666. The summed E-state index contributed by atoms with van der Waals surface area (Å²) in [5, 5.41) is 1.24. The second-order valence-corrected chi connectivity index (χ2v) is 9.77. The lowest BCUT2D eigenvalue weighted by atomic mass is 10.2. The van der Waals surface area contributed by atoms with Crippen molar-refractivity contribution in [2.45, 2.75) is 0 Å². The van der Waals surface area contributed by atoms with Crippen molar-refractivity contribution in [1.29, 1.82) is 0 Å². The Balaban J connectivity index is 1.89. The Morgan fingerprint density at radius 2 is 1.18 bits per heavy atom. The van der Waals surface area contributed by atoms with Crippen LogP contribution in [-0.4, -0.2) is 0 Å². The molecule has 0 heterocycles. The summed E-state index contributed by atoms with van der Waals surface area (Å²) in [6.45, 7) is 0. The minimum Gasteiger partial charge on any atom is -0.0839 e. The molecule has 0 bridgehead atoms. The van der Waals surface area contributed by atoms with E-state index < -0.39 is 6.04 Å². The fraction of sp³-hybridized carbons (Fsp3) is 0.100. The molecule has 2 heteroatoms. The van der Waals surface area contributed by atoms with E-state index >= 15 is 0 Å². The van der Waals surface area contributed by atoms with Gasteiger partial charge in [-0.2, -0.15) is 0 Å². The van der Waals surface area contributed by atoms with Crippen molar-refractivity contribution < 1.29 is 0 Å². The van der Waals surface area contributed by atoms with E-state index in [0.717, 1.165) is 0 Å². The zero-order chi connectivity index (χ0) is 15.3. The van der Waals surface area contributed by atoms with Gasteiger partial charge in [0, 0.05) is 17.9 Å². The zero-order valence-electron chi connectivity index (χ0n) is 12.3. The summed E-state index contributed by atoms with van der Waals surface area (Å²) in [5.74, 6) is 5.26. The van der Waals surface area contributed by atoms with Gasteiger partial charge in [0.15, 0.2) is 0 Å². The monoisotopic (exact) mass is 322 g/mol. The van der Waals surface area contributed by atoms with Crippen LogP contribution in [0.2, 0.25) is 0 Å². The summed E-state index contributed by atoms with van der Waals surface area (Å²) in [6.07, 6.45) is 21.6. The molecule has 0 unspecified atom stereocenters. The van der Waals surface area contributed by atoms with Crippen LogP contribution in [0.25, 0.3) is 0 Å². The molecular formula is C20H19PS. The van der Waals surface area contributed by atoms with E-state index in [4.69, 9.17) is 11.8 Å². The molecule has 2 aliphatic rings. The van der Waals surface area contributed by atoms with E-state index in [2.05, 4.69) is 96.7 Å². The Morgan fingerprint density at radius 1 is 0.727 bits per heavy atom. The third-order valence-corrected chi connectivity index (χ3v) is 7.47. The first-order valence-electron chi connectivity index (χ1n) is 7.50. The van der Waals surface area contributed by atoms with Gasteiger partial charge in [-0.05, 0) is 16.9 Å². The van der Waals surface area contributed by atoms with Crippen LogP contribution >= 0.6 is 6.04 Å². The average molecular weight is 322 g/mol. The molecule has 1 aromatic rings. The van der Waals surface area contributed by atoms with Crippen LogP contribution in [0.3, 0.4) is 0 Å². The SMILES string of the molecule is S=P(/C=C/C1C=CC=C1)(/C=C/C1C=CC=C1)c1ccccc1. The highest BCUT2D eigenvalue weighted by molar-refractivity contribution is 8.21. The molecule has 0 fully saturated rings. The van der Waals surface area contributed by atoms with Crippen LogP contribution in [-0.2, 0) is 11.8 Å². The van der Waals surface area contributed by atoms with Crippen molar-refractivity contribution in [3.05, 3.63) is 103 Å². The summed E-state index contributed by atoms with van der Waals surface area (Å²) < 4.78 is 0. The van der Waals surface area contributed by atoms with Gasteiger partial charge in [-0.1, -0.05) is 103 Å². The first-order chi connectivity index (χ1) is 10.8. The molecule has 0 nitrogen and oxygen atoms in total. The maximum atomic E-state index is 6.08. The van der Waals surface area contributed by atoms with Gasteiger partial charge in [0.1, 0.15) is 0 Å². The van der Waals surface area contributed by atoms with Crippen molar-refractivity contribution in [3.63, 3.8) is 0 Å². The highest BCUT2D eigenvalue weighted by Crippen LogP contribution is 2.49. The molecule has 22 heavy (non-hydrogen) atoms. The van der Waals surface area contributed by atoms with Crippen LogP contribution in [0, 0.1) is 11.8 Å². The smallest absolute Gasteiger partial charge is 0.0235 e. The van der Waals surface area contributed by atoms with Crippen LogP contribution in [0.1, 0.15) is 0 Å². The predicted molar refractivity (Wildman–Crippen MR) is 102 cm³/mol. The lowest BCUT2D eigenvalue weighted by Gasteiger charge is -2.15. The maximum absolute atomic E-state index is 6.08. The lowest BCUT2D eigenvalue weighted by Crippen LogP contribution is -2.00. The topological polar surface area (TPSA) is 0 Å². The molecule has 0 radical (unpaired) electrons. The molecule has 0 saturated heterocycles.